The lowest BCUT2D eigenvalue weighted by Crippen LogP contribution is -2.46. The number of aromatic nitrogens is 2. The van der Waals surface area contributed by atoms with Gasteiger partial charge in [-0.3, -0.25) is 4.79 Å². The second-order valence-corrected chi connectivity index (χ2v) is 6.85. The first-order valence-electron chi connectivity index (χ1n) is 8.55. The largest absolute Gasteiger partial charge is 0.396 e. The molecule has 1 aromatic heterocycles. The Balaban J connectivity index is 1.86. The van der Waals surface area contributed by atoms with E-state index in [1.807, 2.05) is 53.8 Å². The number of nitrogens with zero attached hydrogens (tertiary/aromatic N) is 3. The molecule has 1 amide bonds. The molecule has 1 aliphatic heterocycles. The summed E-state index contributed by atoms with van der Waals surface area (Å²) in [7, 11) is 0. The summed E-state index contributed by atoms with van der Waals surface area (Å²) in [6.07, 6.45) is 1.90. The van der Waals surface area contributed by atoms with E-state index in [9.17, 15) is 9.90 Å². The minimum atomic E-state index is -0.0467. The minimum Gasteiger partial charge on any atom is -0.396 e. The van der Waals surface area contributed by atoms with Gasteiger partial charge in [0.15, 0.2) is 5.69 Å². The summed E-state index contributed by atoms with van der Waals surface area (Å²) >= 11 is 0. The van der Waals surface area contributed by atoms with Crippen LogP contribution >= 0.6 is 0 Å². The summed E-state index contributed by atoms with van der Waals surface area (Å²) < 4.78 is 1.81. The predicted molar refractivity (Wildman–Crippen MR) is 93.3 cm³/mol. The van der Waals surface area contributed by atoms with Crippen molar-refractivity contribution in [3.8, 4) is 5.69 Å². The molecular weight excluding hydrogens is 302 g/mol. The molecule has 2 aromatic rings. The quantitative estimate of drug-likeness (QED) is 0.943. The Labute approximate surface area is 142 Å². The zero-order valence-corrected chi connectivity index (χ0v) is 14.6. The number of amides is 1. The van der Waals surface area contributed by atoms with Crippen LogP contribution in [0.2, 0.25) is 0 Å². The molecule has 3 rings (SSSR count). The number of aryl methyl sites for hydroxylation is 2. The summed E-state index contributed by atoms with van der Waals surface area (Å²) in [5.74, 6) is 0.125. The summed E-state index contributed by atoms with van der Waals surface area (Å²) in [6, 6.07) is 10.1. The van der Waals surface area contributed by atoms with E-state index < -0.39 is 0 Å². The SMILES string of the molecule is Cc1ccc(-n2nc(C(=O)N3CC(CO)CCC3C)cc2C)cc1. The summed E-state index contributed by atoms with van der Waals surface area (Å²) in [6.45, 7) is 6.80. The fourth-order valence-electron chi connectivity index (χ4n) is 3.29. The number of hydrogen-bond acceptors (Lipinski definition) is 3. The molecule has 0 spiro atoms. The van der Waals surface area contributed by atoms with Gasteiger partial charge in [-0.25, -0.2) is 4.68 Å². The maximum atomic E-state index is 12.9. The van der Waals surface area contributed by atoms with Gasteiger partial charge in [-0.2, -0.15) is 5.10 Å². The van der Waals surface area contributed by atoms with Crippen LogP contribution in [0, 0.1) is 19.8 Å². The highest BCUT2D eigenvalue weighted by atomic mass is 16.3. The van der Waals surface area contributed by atoms with Crippen LogP contribution in [0.4, 0.5) is 0 Å². The highest BCUT2D eigenvalue weighted by Crippen LogP contribution is 2.24. The zero-order valence-electron chi connectivity index (χ0n) is 14.6. The normalized spacial score (nSPS) is 21.1. The standard InChI is InChI=1S/C19H25N3O2/c1-13-4-8-17(9-5-13)22-15(3)10-18(20-22)19(24)21-11-16(12-23)7-6-14(21)2/h4-5,8-10,14,16,23H,6-7,11-12H2,1-3H3. The van der Waals surface area contributed by atoms with Crippen molar-refractivity contribution in [1.29, 1.82) is 0 Å². The number of piperidine rings is 1. The number of benzene rings is 1. The monoisotopic (exact) mass is 327 g/mol. The molecule has 24 heavy (non-hydrogen) atoms. The average molecular weight is 327 g/mol. The third kappa shape index (κ3) is 3.22. The van der Waals surface area contributed by atoms with Gasteiger partial charge in [0.2, 0.25) is 0 Å². The van der Waals surface area contributed by atoms with Gasteiger partial charge in [-0.1, -0.05) is 17.7 Å². The molecule has 1 saturated heterocycles. The lowest BCUT2D eigenvalue weighted by Gasteiger charge is -2.37. The van der Waals surface area contributed by atoms with Gasteiger partial charge in [0.05, 0.1) is 5.69 Å². The van der Waals surface area contributed by atoms with Crippen molar-refractivity contribution in [2.75, 3.05) is 13.2 Å². The number of carbonyl (C=O) groups is 1. The molecule has 1 aliphatic rings. The highest BCUT2D eigenvalue weighted by molar-refractivity contribution is 5.92. The molecule has 1 aromatic carbocycles. The topological polar surface area (TPSA) is 58.4 Å². The Morgan fingerprint density at radius 2 is 1.96 bits per heavy atom. The number of likely N-dealkylation sites (tertiary alicyclic amines) is 1. The molecule has 0 aliphatic carbocycles. The van der Waals surface area contributed by atoms with Gasteiger partial charge in [0.25, 0.3) is 5.91 Å². The van der Waals surface area contributed by atoms with Crippen molar-refractivity contribution in [1.82, 2.24) is 14.7 Å². The minimum absolute atomic E-state index is 0.0467. The smallest absolute Gasteiger partial charge is 0.274 e. The molecular formula is C19H25N3O2. The molecule has 2 unspecified atom stereocenters. The molecule has 0 bridgehead atoms. The number of carbonyl (C=O) groups excluding carboxylic acids is 1. The Hall–Kier alpha value is -2.14. The molecule has 1 N–H and O–H groups in total. The molecule has 5 nitrogen and oxygen atoms in total. The Kier molecular flexibility index (Phi) is 4.71. The van der Waals surface area contributed by atoms with E-state index in [1.54, 1.807) is 0 Å². The third-order valence-electron chi connectivity index (χ3n) is 4.88. The van der Waals surface area contributed by atoms with E-state index >= 15 is 0 Å². The molecule has 2 heterocycles. The van der Waals surface area contributed by atoms with Crippen LogP contribution in [0.1, 0.15) is 41.5 Å². The second kappa shape index (κ2) is 6.77. The Morgan fingerprint density at radius 1 is 1.25 bits per heavy atom. The maximum absolute atomic E-state index is 12.9. The highest BCUT2D eigenvalue weighted by Gasteiger charge is 2.30. The van der Waals surface area contributed by atoms with Crippen molar-refractivity contribution in [2.24, 2.45) is 5.92 Å². The van der Waals surface area contributed by atoms with Crippen LogP contribution in [0.5, 0.6) is 0 Å². The first-order chi connectivity index (χ1) is 11.5. The molecule has 128 valence electrons. The van der Waals surface area contributed by atoms with E-state index in [-0.39, 0.29) is 24.5 Å². The van der Waals surface area contributed by atoms with Gasteiger partial charge in [-0.15, -0.1) is 0 Å². The van der Waals surface area contributed by atoms with Crippen molar-refractivity contribution in [3.05, 3.63) is 47.3 Å². The molecule has 0 radical (unpaired) electrons. The fourth-order valence-corrected chi connectivity index (χ4v) is 3.29. The predicted octanol–water partition coefficient (Wildman–Crippen LogP) is 2.72. The number of rotatable bonds is 3. The second-order valence-electron chi connectivity index (χ2n) is 6.85. The van der Waals surface area contributed by atoms with Gasteiger partial charge in [0, 0.05) is 24.9 Å². The molecule has 2 atom stereocenters. The summed E-state index contributed by atoms with van der Waals surface area (Å²) in [4.78, 5) is 14.7. The van der Waals surface area contributed by atoms with Crippen molar-refractivity contribution in [3.63, 3.8) is 0 Å². The first kappa shape index (κ1) is 16.7. The van der Waals surface area contributed by atoms with Crippen molar-refractivity contribution < 1.29 is 9.90 Å². The summed E-state index contributed by atoms with van der Waals surface area (Å²) in [5.41, 5.74) is 3.55. The average Bonchev–Trinajstić information content (AvgIpc) is 2.97. The number of hydrogen-bond donors (Lipinski definition) is 1. The molecule has 0 saturated carbocycles. The molecule has 5 heteroatoms. The van der Waals surface area contributed by atoms with Crippen LogP contribution in [-0.2, 0) is 0 Å². The Morgan fingerprint density at radius 3 is 2.62 bits per heavy atom. The molecule has 1 fully saturated rings. The van der Waals surface area contributed by atoms with Crippen molar-refractivity contribution in [2.45, 2.75) is 39.7 Å². The van der Waals surface area contributed by atoms with Gasteiger partial charge in [0.1, 0.15) is 0 Å². The van der Waals surface area contributed by atoms with E-state index in [1.165, 1.54) is 5.56 Å². The fraction of sp³-hybridized carbons (Fsp3) is 0.474. The van der Waals surface area contributed by atoms with Crippen LogP contribution in [-0.4, -0.2) is 44.9 Å². The third-order valence-corrected chi connectivity index (χ3v) is 4.88. The maximum Gasteiger partial charge on any atom is 0.274 e. The van der Waals surface area contributed by atoms with Crippen LogP contribution in [0.15, 0.2) is 30.3 Å². The van der Waals surface area contributed by atoms with E-state index in [0.717, 1.165) is 24.2 Å². The number of aliphatic hydroxyl groups is 1. The number of aliphatic hydroxyl groups excluding tert-OH is 1. The van der Waals surface area contributed by atoms with Crippen LogP contribution < -0.4 is 0 Å². The Bertz CT molecular complexity index is 721. The zero-order chi connectivity index (χ0) is 17.3. The first-order valence-corrected chi connectivity index (χ1v) is 8.55. The van der Waals surface area contributed by atoms with Crippen molar-refractivity contribution >= 4 is 5.91 Å². The van der Waals surface area contributed by atoms with Gasteiger partial charge < -0.3 is 10.0 Å². The lowest BCUT2D eigenvalue weighted by atomic mass is 9.94. The lowest BCUT2D eigenvalue weighted by molar-refractivity contribution is 0.0483. The van der Waals surface area contributed by atoms with E-state index in [0.29, 0.717) is 12.2 Å². The van der Waals surface area contributed by atoms with Gasteiger partial charge in [-0.05, 0) is 57.7 Å². The van der Waals surface area contributed by atoms with E-state index in [4.69, 9.17) is 0 Å². The van der Waals surface area contributed by atoms with Crippen LogP contribution in [0.3, 0.4) is 0 Å². The summed E-state index contributed by atoms with van der Waals surface area (Å²) in [5, 5.41) is 13.9. The van der Waals surface area contributed by atoms with Crippen LogP contribution in [0.25, 0.3) is 5.69 Å². The van der Waals surface area contributed by atoms with E-state index in [2.05, 4.69) is 12.0 Å². The van der Waals surface area contributed by atoms with Gasteiger partial charge >= 0.3 is 0 Å².